The molecule has 1 atom stereocenters. The van der Waals surface area contributed by atoms with E-state index in [0.717, 1.165) is 11.5 Å². The van der Waals surface area contributed by atoms with E-state index < -0.39 is 0 Å². The standard InChI is InChI=1S/C17H20BrNO/c1-11-6-7-17(20-11)12(2)19-16-9-14(10-16)13-4-3-5-15(18)8-13/h3-8,12,14,16,19H,9-10H2,1-2H3. The largest absolute Gasteiger partial charge is 0.465 e. The Morgan fingerprint density at radius 1 is 1.25 bits per heavy atom. The van der Waals surface area contributed by atoms with Gasteiger partial charge in [0, 0.05) is 10.5 Å². The fourth-order valence-corrected chi connectivity index (χ4v) is 3.33. The lowest BCUT2D eigenvalue weighted by Gasteiger charge is -2.38. The lowest BCUT2D eigenvalue weighted by atomic mass is 9.75. The summed E-state index contributed by atoms with van der Waals surface area (Å²) in [5.41, 5.74) is 1.44. The highest BCUT2D eigenvalue weighted by molar-refractivity contribution is 9.10. The van der Waals surface area contributed by atoms with E-state index in [-0.39, 0.29) is 6.04 Å². The topological polar surface area (TPSA) is 25.2 Å². The minimum atomic E-state index is 0.289. The van der Waals surface area contributed by atoms with Gasteiger partial charge in [0.25, 0.3) is 0 Å². The van der Waals surface area contributed by atoms with Crippen LogP contribution in [0.25, 0.3) is 0 Å². The van der Waals surface area contributed by atoms with Gasteiger partial charge in [-0.3, -0.25) is 0 Å². The van der Waals surface area contributed by atoms with Gasteiger partial charge in [-0.2, -0.15) is 0 Å². The van der Waals surface area contributed by atoms with Gasteiger partial charge < -0.3 is 9.73 Å². The van der Waals surface area contributed by atoms with Crippen molar-refractivity contribution in [3.63, 3.8) is 0 Å². The van der Waals surface area contributed by atoms with Crippen LogP contribution in [0.3, 0.4) is 0 Å². The van der Waals surface area contributed by atoms with Crippen molar-refractivity contribution in [3.8, 4) is 0 Å². The Labute approximate surface area is 128 Å². The molecule has 1 unspecified atom stereocenters. The van der Waals surface area contributed by atoms with Crippen molar-refractivity contribution in [1.82, 2.24) is 5.32 Å². The van der Waals surface area contributed by atoms with Crippen LogP contribution in [-0.2, 0) is 0 Å². The van der Waals surface area contributed by atoms with Gasteiger partial charge in [-0.05, 0) is 62.4 Å². The first-order valence-electron chi connectivity index (χ1n) is 7.19. The molecule has 0 amide bonds. The van der Waals surface area contributed by atoms with Crippen molar-refractivity contribution in [1.29, 1.82) is 0 Å². The molecular weight excluding hydrogens is 314 g/mol. The molecule has 1 fully saturated rings. The Bertz CT molecular complexity index is 586. The quantitative estimate of drug-likeness (QED) is 0.856. The van der Waals surface area contributed by atoms with Crippen LogP contribution in [0.2, 0.25) is 0 Å². The first-order chi connectivity index (χ1) is 9.61. The number of halogens is 1. The summed E-state index contributed by atoms with van der Waals surface area (Å²) in [6.07, 6.45) is 2.42. The molecule has 1 N–H and O–H groups in total. The SMILES string of the molecule is Cc1ccc(C(C)NC2CC(c3cccc(Br)c3)C2)o1. The van der Waals surface area contributed by atoms with Crippen LogP contribution in [0.5, 0.6) is 0 Å². The van der Waals surface area contributed by atoms with Crippen molar-refractivity contribution >= 4 is 15.9 Å². The summed E-state index contributed by atoms with van der Waals surface area (Å²) >= 11 is 3.54. The summed E-state index contributed by atoms with van der Waals surface area (Å²) in [6, 6.07) is 13.6. The fraction of sp³-hybridized carbons (Fsp3) is 0.412. The summed E-state index contributed by atoms with van der Waals surface area (Å²) in [5.74, 6) is 2.71. The number of furan rings is 1. The molecule has 0 saturated heterocycles. The lowest BCUT2D eigenvalue weighted by molar-refractivity contribution is 0.257. The predicted molar refractivity (Wildman–Crippen MR) is 84.9 cm³/mol. The maximum absolute atomic E-state index is 5.67. The maximum Gasteiger partial charge on any atom is 0.120 e. The highest BCUT2D eigenvalue weighted by Crippen LogP contribution is 2.38. The smallest absolute Gasteiger partial charge is 0.120 e. The molecule has 1 saturated carbocycles. The minimum absolute atomic E-state index is 0.289. The van der Waals surface area contributed by atoms with Crippen molar-refractivity contribution < 1.29 is 4.42 Å². The highest BCUT2D eigenvalue weighted by atomic mass is 79.9. The molecule has 0 aliphatic heterocycles. The first kappa shape index (κ1) is 13.9. The van der Waals surface area contributed by atoms with Crippen molar-refractivity contribution in [3.05, 3.63) is 58.0 Å². The number of rotatable bonds is 4. The third kappa shape index (κ3) is 2.99. The van der Waals surface area contributed by atoms with Crippen LogP contribution < -0.4 is 5.32 Å². The number of aryl methyl sites for hydroxylation is 1. The number of hydrogen-bond acceptors (Lipinski definition) is 2. The predicted octanol–water partition coefficient (Wildman–Crippen LogP) is 4.95. The molecule has 1 heterocycles. The number of benzene rings is 1. The monoisotopic (exact) mass is 333 g/mol. The highest BCUT2D eigenvalue weighted by Gasteiger charge is 2.31. The van der Waals surface area contributed by atoms with Crippen molar-refractivity contribution in [2.24, 2.45) is 0 Å². The lowest BCUT2D eigenvalue weighted by Crippen LogP contribution is -2.41. The molecular formula is C17H20BrNO. The maximum atomic E-state index is 5.67. The van der Waals surface area contributed by atoms with Crippen LogP contribution in [0.15, 0.2) is 45.3 Å². The molecule has 20 heavy (non-hydrogen) atoms. The third-order valence-corrected chi connectivity index (χ3v) is 4.63. The molecule has 1 aromatic heterocycles. The second kappa shape index (κ2) is 5.74. The first-order valence-corrected chi connectivity index (χ1v) is 7.99. The van der Waals surface area contributed by atoms with Crippen LogP contribution in [0.1, 0.15) is 48.8 Å². The Morgan fingerprint density at radius 2 is 2.05 bits per heavy atom. The molecule has 2 nitrogen and oxygen atoms in total. The van der Waals surface area contributed by atoms with E-state index in [9.17, 15) is 0 Å². The van der Waals surface area contributed by atoms with Crippen LogP contribution in [0.4, 0.5) is 0 Å². The molecule has 3 rings (SSSR count). The Morgan fingerprint density at radius 3 is 2.70 bits per heavy atom. The zero-order valence-electron chi connectivity index (χ0n) is 11.9. The summed E-state index contributed by atoms with van der Waals surface area (Å²) in [6.45, 7) is 4.16. The van der Waals surface area contributed by atoms with Gasteiger partial charge in [0.05, 0.1) is 6.04 Å². The molecule has 0 radical (unpaired) electrons. The number of nitrogens with one attached hydrogen (secondary N) is 1. The third-order valence-electron chi connectivity index (χ3n) is 4.13. The second-order valence-electron chi connectivity index (χ2n) is 5.76. The molecule has 0 spiro atoms. The number of hydrogen-bond donors (Lipinski definition) is 1. The average Bonchev–Trinajstić information content (AvgIpc) is 2.80. The van der Waals surface area contributed by atoms with E-state index in [2.05, 4.69) is 58.5 Å². The average molecular weight is 334 g/mol. The van der Waals surface area contributed by atoms with E-state index in [4.69, 9.17) is 4.42 Å². The molecule has 1 aromatic carbocycles. The summed E-state index contributed by atoms with van der Waals surface area (Å²) < 4.78 is 6.85. The molecule has 0 bridgehead atoms. The Kier molecular flexibility index (Phi) is 3.99. The van der Waals surface area contributed by atoms with Gasteiger partial charge in [0.2, 0.25) is 0 Å². The van der Waals surface area contributed by atoms with Gasteiger partial charge in [0.15, 0.2) is 0 Å². The molecule has 106 valence electrons. The van der Waals surface area contributed by atoms with Crippen LogP contribution in [0, 0.1) is 6.92 Å². The van der Waals surface area contributed by atoms with Gasteiger partial charge in [-0.25, -0.2) is 0 Å². The summed E-state index contributed by atoms with van der Waals surface area (Å²) in [4.78, 5) is 0. The normalized spacial score (nSPS) is 23.4. The molecule has 3 heteroatoms. The van der Waals surface area contributed by atoms with E-state index >= 15 is 0 Å². The van der Waals surface area contributed by atoms with E-state index in [1.54, 1.807) is 0 Å². The van der Waals surface area contributed by atoms with Crippen molar-refractivity contribution in [2.45, 2.75) is 44.7 Å². The zero-order valence-corrected chi connectivity index (χ0v) is 13.5. The zero-order chi connectivity index (χ0) is 14.1. The molecule has 1 aliphatic carbocycles. The Hall–Kier alpha value is -1.06. The minimum Gasteiger partial charge on any atom is -0.465 e. The van der Waals surface area contributed by atoms with E-state index in [0.29, 0.717) is 12.0 Å². The van der Waals surface area contributed by atoms with E-state index in [1.807, 2.05) is 13.0 Å². The second-order valence-corrected chi connectivity index (χ2v) is 6.67. The van der Waals surface area contributed by atoms with Gasteiger partial charge in [-0.1, -0.05) is 28.1 Å². The van der Waals surface area contributed by atoms with Crippen LogP contribution in [-0.4, -0.2) is 6.04 Å². The fourth-order valence-electron chi connectivity index (χ4n) is 2.91. The van der Waals surface area contributed by atoms with E-state index in [1.165, 1.54) is 22.9 Å². The Balaban J connectivity index is 1.53. The van der Waals surface area contributed by atoms with Gasteiger partial charge >= 0.3 is 0 Å². The summed E-state index contributed by atoms with van der Waals surface area (Å²) in [5, 5.41) is 3.65. The summed E-state index contributed by atoms with van der Waals surface area (Å²) in [7, 11) is 0. The van der Waals surface area contributed by atoms with Crippen LogP contribution >= 0.6 is 15.9 Å². The van der Waals surface area contributed by atoms with Gasteiger partial charge in [-0.15, -0.1) is 0 Å². The van der Waals surface area contributed by atoms with Crippen molar-refractivity contribution in [2.75, 3.05) is 0 Å². The van der Waals surface area contributed by atoms with Gasteiger partial charge in [0.1, 0.15) is 11.5 Å². The molecule has 2 aromatic rings. The molecule has 1 aliphatic rings.